The predicted molar refractivity (Wildman–Crippen MR) is 40.0 cm³/mol. The van der Waals surface area contributed by atoms with E-state index in [0.29, 0.717) is 0 Å². The van der Waals surface area contributed by atoms with Gasteiger partial charge in [-0.05, 0) is 0 Å². The van der Waals surface area contributed by atoms with Crippen molar-refractivity contribution >= 4 is 64.7 Å². The molecule has 0 aromatic rings. The SMILES string of the molecule is O=CO.O=S(=O)(O)O.[SnH2].[SnH2]. The molecule has 0 aliphatic heterocycles. The molecule has 0 aromatic carbocycles. The summed E-state index contributed by atoms with van der Waals surface area (Å²) in [7, 11) is -4.67. The summed E-state index contributed by atoms with van der Waals surface area (Å²) in [6.07, 6.45) is 0. The van der Waals surface area contributed by atoms with Gasteiger partial charge < -0.3 is 5.11 Å². The molecule has 0 aliphatic carbocycles. The van der Waals surface area contributed by atoms with Crippen molar-refractivity contribution in [3.63, 3.8) is 0 Å². The quantitative estimate of drug-likeness (QED) is 0.236. The number of hydrogen-bond donors (Lipinski definition) is 3. The molecule has 0 fully saturated rings. The fraction of sp³-hybridized carbons (Fsp3) is 0. The van der Waals surface area contributed by atoms with Gasteiger partial charge in [-0.1, -0.05) is 0 Å². The Balaban J connectivity index is -0.0000000326. The Kier molecular flexibility index (Phi) is 28.3. The summed E-state index contributed by atoms with van der Waals surface area (Å²) in [5, 5.41) is 6.89. The van der Waals surface area contributed by atoms with Crippen LogP contribution in [0.1, 0.15) is 0 Å². The van der Waals surface area contributed by atoms with Gasteiger partial charge in [-0.3, -0.25) is 13.9 Å². The van der Waals surface area contributed by atoms with E-state index in [-0.39, 0.29) is 54.3 Å². The molecule has 0 unspecified atom stereocenters. The first-order valence-corrected chi connectivity index (χ1v) is 2.59. The first kappa shape index (κ1) is 22.4. The Bertz CT molecular complexity index is 130. The van der Waals surface area contributed by atoms with Crippen molar-refractivity contribution < 1.29 is 27.4 Å². The van der Waals surface area contributed by atoms with Crippen molar-refractivity contribution in [1.29, 1.82) is 0 Å². The first-order chi connectivity index (χ1) is 3.41. The van der Waals surface area contributed by atoms with Gasteiger partial charge in [-0.15, -0.1) is 0 Å². The Labute approximate surface area is 91.5 Å². The summed E-state index contributed by atoms with van der Waals surface area (Å²) in [6, 6.07) is 0. The molecule has 0 aliphatic rings. The summed E-state index contributed by atoms with van der Waals surface area (Å²) in [4.78, 5) is 8.36. The van der Waals surface area contributed by atoms with E-state index in [2.05, 4.69) is 0 Å². The van der Waals surface area contributed by atoms with Crippen LogP contribution in [0.25, 0.3) is 0 Å². The molecular formula is CH8O6SSn2. The van der Waals surface area contributed by atoms with Crippen molar-refractivity contribution in [3.8, 4) is 0 Å². The number of carboxylic acid groups (broad SMARTS) is 1. The minimum atomic E-state index is -4.67. The van der Waals surface area contributed by atoms with Crippen molar-refractivity contribution in [2.45, 2.75) is 0 Å². The van der Waals surface area contributed by atoms with E-state index in [4.69, 9.17) is 27.4 Å². The van der Waals surface area contributed by atoms with Gasteiger partial charge in [0.2, 0.25) is 0 Å². The van der Waals surface area contributed by atoms with E-state index >= 15 is 0 Å². The fourth-order valence-corrected chi connectivity index (χ4v) is 0. The second kappa shape index (κ2) is 12.6. The molecule has 0 heterocycles. The predicted octanol–water partition coefficient (Wildman–Crippen LogP) is -2.78. The van der Waals surface area contributed by atoms with Crippen molar-refractivity contribution in [2.24, 2.45) is 0 Å². The Hall–Kier alpha value is 0.937. The summed E-state index contributed by atoms with van der Waals surface area (Å²) < 4.78 is 31.6. The minimum absolute atomic E-state index is 0. The molecule has 0 bridgehead atoms. The molecule has 62 valence electrons. The van der Waals surface area contributed by atoms with Crippen molar-refractivity contribution in [1.82, 2.24) is 0 Å². The van der Waals surface area contributed by atoms with Gasteiger partial charge in [-0.2, -0.15) is 8.42 Å². The monoisotopic (exact) mass is 388 g/mol. The molecule has 3 N–H and O–H groups in total. The molecule has 9 heteroatoms. The van der Waals surface area contributed by atoms with Crippen LogP contribution >= 0.6 is 0 Å². The standard InChI is InChI=1S/CH2O2.H2O4S.2Sn.4H/c2-1-3;1-5(2,3)4;;;;;;/h1H,(H,2,3);(H2,1,2,3,4);;;;;;. The second-order valence-corrected chi connectivity index (χ2v) is 1.45. The normalized spacial score (nSPS) is 7.00. The van der Waals surface area contributed by atoms with Crippen LogP contribution in [0.15, 0.2) is 0 Å². The molecule has 0 aromatic heterocycles. The van der Waals surface area contributed by atoms with Gasteiger partial charge >= 0.3 is 58.2 Å². The van der Waals surface area contributed by atoms with Gasteiger partial charge in [0.05, 0.1) is 0 Å². The Morgan fingerprint density at radius 1 is 1.10 bits per heavy atom. The molecule has 0 rings (SSSR count). The molecule has 0 atom stereocenters. The zero-order valence-electron chi connectivity index (χ0n) is 4.97. The van der Waals surface area contributed by atoms with Crippen molar-refractivity contribution in [2.75, 3.05) is 0 Å². The van der Waals surface area contributed by atoms with Gasteiger partial charge in [0.25, 0.3) is 6.47 Å². The first-order valence-electron chi connectivity index (χ1n) is 1.19. The van der Waals surface area contributed by atoms with E-state index in [1.54, 1.807) is 0 Å². The van der Waals surface area contributed by atoms with Crippen LogP contribution in [0.2, 0.25) is 0 Å². The van der Waals surface area contributed by atoms with Crippen LogP contribution in [0.4, 0.5) is 0 Å². The van der Waals surface area contributed by atoms with Crippen LogP contribution in [0.3, 0.4) is 0 Å². The third-order valence-corrected chi connectivity index (χ3v) is 0. The number of hydrogen-bond acceptors (Lipinski definition) is 3. The zero-order valence-corrected chi connectivity index (χ0v) is 13.9. The van der Waals surface area contributed by atoms with Gasteiger partial charge in [-0.25, -0.2) is 0 Å². The molecule has 0 saturated heterocycles. The Morgan fingerprint density at radius 3 is 1.10 bits per heavy atom. The van der Waals surface area contributed by atoms with Crippen molar-refractivity contribution in [3.05, 3.63) is 0 Å². The topological polar surface area (TPSA) is 112 Å². The average Bonchev–Trinajstić information content (AvgIpc) is 1.27. The maximum atomic E-state index is 8.74. The molecule has 0 amide bonds. The average molecular weight is 386 g/mol. The summed E-state index contributed by atoms with van der Waals surface area (Å²) in [5.74, 6) is 0. The van der Waals surface area contributed by atoms with E-state index in [1.165, 1.54) is 0 Å². The summed E-state index contributed by atoms with van der Waals surface area (Å²) >= 11 is 0. The molecule has 10 heavy (non-hydrogen) atoms. The van der Waals surface area contributed by atoms with E-state index in [1.807, 2.05) is 0 Å². The Morgan fingerprint density at radius 2 is 1.10 bits per heavy atom. The van der Waals surface area contributed by atoms with E-state index < -0.39 is 10.4 Å². The van der Waals surface area contributed by atoms with Crippen LogP contribution in [-0.2, 0) is 15.2 Å². The zero-order chi connectivity index (χ0) is 7.21. The second-order valence-electron chi connectivity index (χ2n) is 0.553. The van der Waals surface area contributed by atoms with Crippen LogP contribution in [-0.4, -0.2) is 76.9 Å². The molecule has 6 nitrogen and oxygen atoms in total. The summed E-state index contributed by atoms with van der Waals surface area (Å²) in [5.41, 5.74) is 0. The number of rotatable bonds is 0. The molecule has 0 spiro atoms. The van der Waals surface area contributed by atoms with Gasteiger partial charge in [0, 0.05) is 0 Å². The van der Waals surface area contributed by atoms with E-state index in [0.717, 1.165) is 0 Å². The maximum absolute atomic E-state index is 8.74. The summed E-state index contributed by atoms with van der Waals surface area (Å²) in [6.45, 7) is -0.250. The molecule has 4 radical (unpaired) electrons. The van der Waals surface area contributed by atoms with Crippen LogP contribution < -0.4 is 0 Å². The third kappa shape index (κ3) is 641. The number of carbonyl (C=O) groups is 1. The van der Waals surface area contributed by atoms with E-state index in [9.17, 15) is 0 Å². The van der Waals surface area contributed by atoms with Gasteiger partial charge in [0.1, 0.15) is 0 Å². The fourth-order valence-electron chi connectivity index (χ4n) is 0. The van der Waals surface area contributed by atoms with Gasteiger partial charge in [0.15, 0.2) is 0 Å². The third-order valence-electron chi connectivity index (χ3n) is 0. The molecular weight excluding hydrogens is 377 g/mol. The molecule has 0 saturated carbocycles. The van der Waals surface area contributed by atoms with Crippen LogP contribution in [0, 0.1) is 0 Å². The van der Waals surface area contributed by atoms with Crippen LogP contribution in [0.5, 0.6) is 0 Å².